The highest BCUT2D eigenvalue weighted by Gasteiger charge is 2.39. The van der Waals surface area contributed by atoms with Crippen LogP contribution in [0.4, 0.5) is 13.2 Å². The molecule has 1 aromatic heterocycles. The van der Waals surface area contributed by atoms with Gasteiger partial charge >= 0.3 is 12.1 Å². The number of nitrogens with zero attached hydrogens (tertiary/aromatic N) is 2. The fourth-order valence-electron chi connectivity index (χ4n) is 3.06. The number of carboxylic acids is 1. The number of aliphatic carboxylic acids is 1. The van der Waals surface area contributed by atoms with Crippen LogP contribution in [0.5, 0.6) is 0 Å². The maximum Gasteiger partial charge on any atom is 0.490 e. The molecule has 2 saturated heterocycles. The van der Waals surface area contributed by atoms with Gasteiger partial charge in [0.05, 0.1) is 12.2 Å². The molecule has 0 unspecified atom stereocenters. The van der Waals surface area contributed by atoms with Crippen LogP contribution in [-0.4, -0.2) is 58.3 Å². The molecule has 0 aromatic carbocycles. The van der Waals surface area contributed by atoms with Crippen molar-refractivity contribution in [1.82, 2.24) is 9.88 Å². The Morgan fingerprint density at radius 1 is 1.32 bits per heavy atom. The summed E-state index contributed by atoms with van der Waals surface area (Å²) in [6.07, 6.45) is 0.996. The van der Waals surface area contributed by atoms with Gasteiger partial charge in [0.15, 0.2) is 0 Å². The average molecular weight is 360 g/mol. The van der Waals surface area contributed by atoms with Gasteiger partial charge in [0, 0.05) is 37.0 Å². The van der Waals surface area contributed by atoms with E-state index in [1.807, 2.05) is 4.90 Å². The van der Waals surface area contributed by atoms with Gasteiger partial charge < -0.3 is 14.7 Å². The van der Waals surface area contributed by atoms with Crippen molar-refractivity contribution in [3.8, 4) is 0 Å². The standard InChI is InChI=1S/C14H18N2O2.C2HF3O2/c1-10-8-12-9-16(7-4-13(12)18-10)14(17)11-2-5-15-6-3-11;3-2(4,5)1(6)7/h2-3,5-6,10,12-13H,4,7-9H2,1H3;(H,6,7)/t10-,12-,13-;/m0./s1. The van der Waals surface area contributed by atoms with Crippen LogP contribution in [0.1, 0.15) is 30.1 Å². The summed E-state index contributed by atoms with van der Waals surface area (Å²) in [5, 5.41) is 7.12. The van der Waals surface area contributed by atoms with Crippen LogP contribution in [-0.2, 0) is 9.53 Å². The SMILES string of the molecule is C[C@H]1C[C@H]2CN(C(=O)c3ccncc3)CC[C@@H]2O1.O=C(O)C(F)(F)F. The molecule has 2 aliphatic rings. The second kappa shape index (κ2) is 7.81. The van der Waals surface area contributed by atoms with Crippen LogP contribution in [0.15, 0.2) is 24.5 Å². The Labute approximate surface area is 142 Å². The van der Waals surface area contributed by atoms with Crippen molar-refractivity contribution in [3.63, 3.8) is 0 Å². The summed E-state index contributed by atoms with van der Waals surface area (Å²) >= 11 is 0. The quantitative estimate of drug-likeness (QED) is 0.832. The van der Waals surface area contributed by atoms with E-state index in [1.54, 1.807) is 24.5 Å². The number of hydrogen-bond donors (Lipinski definition) is 1. The number of halogens is 3. The van der Waals surface area contributed by atoms with Crippen LogP contribution < -0.4 is 0 Å². The predicted molar refractivity (Wildman–Crippen MR) is 80.9 cm³/mol. The molecule has 2 fully saturated rings. The highest BCUT2D eigenvalue weighted by Crippen LogP contribution is 2.33. The zero-order valence-electron chi connectivity index (χ0n) is 13.6. The van der Waals surface area contributed by atoms with E-state index in [0.29, 0.717) is 18.1 Å². The van der Waals surface area contributed by atoms with E-state index >= 15 is 0 Å². The third-order valence-electron chi connectivity index (χ3n) is 4.16. The zero-order chi connectivity index (χ0) is 18.6. The topological polar surface area (TPSA) is 79.7 Å². The second-order valence-corrected chi connectivity index (χ2v) is 6.06. The second-order valence-electron chi connectivity index (χ2n) is 6.06. The Kier molecular flexibility index (Phi) is 5.99. The van der Waals surface area contributed by atoms with E-state index < -0.39 is 12.1 Å². The fraction of sp³-hybridized carbons (Fsp3) is 0.562. The fourth-order valence-corrected chi connectivity index (χ4v) is 3.06. The van der Waals surface area contributed by atoms with Gasteiger partial charge in [-0.25, -0.2) is 4.79 Å². The number of fused-ring (bicyclic) bond motifs is 1. The third kappa shape index (κ3) is 5.15. The van der Waals surface area contributed by atoms with E-state index in [4.69, 9.17) is 14.6 Å². The Bertz CT molecular complexity index is 609. The number of amides is 1. The van der Waals surface area contributed by atoms with Crippen molar-refractivity contribution in [2.75, 3.05) is 13.1 Å². The van der Waals surface area contributed by atoms with E-state index in [1.165, 1.54) is 0 Å². The van der Waals surface area contributed by atoms with E-state index in [9.17, 15) is 18.0 Å². The Balaban J connectivity index is 0.000000277. The highest BCUT2D eigenvalue weighted by molar-refractivity contribution is 5.94. The zero-order valence-corrected chi connectivity index (χ0v) is 13.6. The first-order valence-corrected chi connectivity index (χ1v) is 7.83. The maximum absolute atomic E-state index is 12.3. The lowest BCUT2D eigenvalue weighted by Gasteiger charge is -2.34. The molecular formula is C16H19F3N2O4. The van der Waals surface area contributed by atoms with Crippen LogP contribution in [0.25, 0.3) is 0 Å². The lowest BCUT2D eigenvalue weighted by atomic mass is 9.92. The summed E-state index contributed by atoms with van der Waals surface area (Å²) in [7, 11) is 0. The molecule has 3 rings (SSSR count). The number of aromatic nitrogens is 1. The van der Waals surface area contributed by atoms with Crippen molar-refractivity contribution in [1.29, 1.82) is 0 Å². The number of piperidine rings is 1. The third-order valence-corrected chi connectivity index (χ3v) is 4.16. The van der Waals surface area contributed by atoms with Crippen LogP contribution in [0.3, 0.4) is 0 Å². The van der Waals surface area contributed by atoms with Gasteiger partial charge in [-0.05, 0) is 31.9 Å². The number of likely N-dealkylation sites (tertiary alicyclic amines) is 1. The van der Waals surface area contributed by atoms with Crippen molar-refractivity contribution in [2.24, 2.45) is 5.92 Å². The predicted octanol–water partition coefficient (Wildman–Crippen LogP) is 2.35. The van der Waals surface area contributed by atoms with E-state index in [2.05, 4.69) is 11.9 Å². The molecule has 0 spiro atoms. The smallest absolute Gasteiger partial charge is 0.475 e. The minimum Gasteiger partial charge on any atom is -0.475 e. The minimum atomic E-state index is -5.08. The molecule has 1 amide bonds. The summed E-state index contributed by atoms with van der Waals surface area (Å²) < 4.78 is 37.6. The van der Waals surface area contributed by atoms with Crippen molar-refractivity contribution >= 4 is 11.9 Å². The largest absolute Gasteiger partial charge is 0.490 e. The average Bonchev–Trinajstić information content (AvgIpc) is 2.93. The molecule has 0 saturated carbocycles. The van der Waals surface area contributed by atoms with Crippen LogP contribution in [0.2, 0.25) is 0 Å². The molecule has 2 aliphatic heterocycles. The number of rotatable bonds is 1. The van der Waals surface area contributed by atoms with Gasteiger partial charge in [0.1, 0.15) is 0 Å². The Morgan fingerprint density at radius 2 is 1.92 bits per heavy atom. The van der Waals surface area contributed by atoms with Crippen LogP contribution >= 0.6 is 0 Å². The maximum atomic E-state index is 12.3. The van der Waals surface area contributed by atoms with Crippen LogP contribution in [0, 0.1) is 5.92 Å². The lowest BCUT2D eigenvalue weighted by Crippen LogP contribution is -2.44. The summed E-state index contributed by atoms with van der Waals surface area (Å²) in [4.78, 5) is 27.1. The molecule has 3 atom stereocenters. The molecular weight excluding hydrogens is 341 g/mol. The number of pyridine rings is 1. The van der Waals surface area contributed by atoms with Crippen molar-refractivity contribution < 1.29 is 32.6 Å². The normalized spacial score (nSPS) is 25.6. The molecule has 1 aromatic rings. The number of carbonyl (C=O) groups excluding carboxylic acids is 1. The molecule has 1 N–H and O–H groups in total. The molecule has 3 heterocycles. The highest BCUT2D eigenvalue weighted by atomic mass is 19.4. The molecule has 25 heavy (non-hydrogen) atoms. The monoisotopic (exact) mass is 360 g/mol. The van der Waals surface area contributed by atoms with E-state index in [0.717, 1.165) is 31.5 Å². The number of carboxylic acid groups (broad SMARTS) is 1. The molecule has 9 heteroatoms. The summed E-state index contributed by atoms with van der Waals surface area (Å²) in [6, 6.07) is 3.56. The minimum absolute atomic E-state index is 0.121. The molecule has 0 aliphatic carbocycles. The first-order chi connectivity index (χ1) is 11.7. The Hall–Kier alpha value is -2.16. The van der Waals surface area contributed by atoms with Crippen molar-refractivity contribution in [2.45, 2.75) is 38.1 Å². The summed E-state index contributed by atoms with van der Waals surface area (Å²) in [6.45, 7) is 3.75. The first kappa shape index (κ1) is 19.2. The van der Waals surface area contributed by atoms with E-state index in [-0.39, 0.29) is 5.91 Å². The molecule has 0 radical (unpaired) electrons. The van der Waals surface area contributed by atoms with Gasteiger partial charge in [0.2, 0.25) is 0 Å². The van der Waals surface area contributed by atoms with Gasteiger partial charge in [-0.2, -0.15) is 13.2 Å². The first-order valence-electron chi connectivity index (χ1n) is 7.83. The summed E-state index contributed by atoms with van der Waals surface area (Å²) in [5.74, 6) is -2.12. The van der Waals surface area contributed by atoms with Crippen molar-refractivity contribution in [3.05, 3.63) is 30.1 Å². The number of carbonyl (C=O) groups is 2. The van der Waals surface area contributed by atoms with Gasteiger partial charge in [-0.1, -0.05) is 0 Å². The molecule has 6 nitrogen and oxygen atoms in total. The summed E-state index contributed by atoms with van der Waals surface area (Å²) in [5.41, 5.74) is 0.732. The van der Waals surface area contributed by atoms with Gasteiger partial charge in [-0.3, -0.25) is 9.78 Å². The Morgan fingerprint density at radius 3 is 2.48 bits per heavy atom. The number of alkyl halides is 3. The molecule has 138 valence electrons. The molecule has 0 bridgehead atoms. The van der Waals surface area contributed by atoms with Gasteiger partial charge in [-0.15, -0.1) is 0 Å². The lowest BCUT2D eigenvalue weighted by molar-refractivity contribution is -0.192. The number of ether oxygens (including phenoxy) is 1. The van der Waals surface area contributed by atoms with Gasteiger partial charge in [0.25, 0.3) is 5.91 Å². The number of hydrogen-bond acceptors (Lipinski definition) is 4.